The van der Waals surface area contributed by atoms with Crippen molar-refractivity contribution in [2.24, 2.45) is 0 Å². The van der Waals surface area contributed by atoms with Crippen LogP contribution in [0.15, 0.2) is 60.7 Å². The van der Waals surface area contributed by atoms with Gasteiger partial charge in [-0.25, -0.2) is 14.8 Å². The lowest BCUT2D eigenvalue weighted by Gasteiger charge is -2.46. The van der Waals surface area contributed by atoms with Gasteiger partial charge in [-0.2, -0.15) is 10.3 Å². The fourth-order valence-electron chi connectivity index (χ4n) is 6.04. The van der Waals surface area contributed by atoms with Crippen molar-refractivity contribution in [2.45, 2.75) is 31.7 Å². The van der Waals surface area contributed by atoms with Gasteiger partial charge in [0.25, 0.3) is 0 Å². The first-order valence-electron chi connectivity index (χ1n) is 14.8. The molecule has 2 saturated heterocycles. The van der Waals surface area contributed by atoms with Crippen molar-refractivity contribution < 1.29 is 19.2 Å². The molecule has 246 valence electrons. The quantitative estimate of drug-likeness (QED) is 0.165. The van der Waals surface area contributed by atoms with Gasteiger partial charge in [0.05, 0.1) is 39.4 Å². The lowest BCUT2D eigenvalue weighted by atomic mass is 9.99. The third kappa shape index (κ3) is 6.71. The number of hydrogen-bond donors (Lipinski definition) is 3. The van der Waals surface area contributed by atoms with E-state index in [1.807, 2.05) is 24.3 Å². The molecule has 0 spiro atoms. The first-order chi connectivity index (χ1) is 23.2. The topological polar surface area (TPSA) is 168 Å². The zero-order valence-corrected chi connectivity index (χ0v) is 27.6. The zero-order chi connectivity index (χ0) is 33.9. The average molecular weight is 707 g/mol. The molecule has 13 nitrogen and oxygen atoms in total. The summed E-state index contributed by atoms with van der Waals surface area (Å²) in [6, 6.07) is 18.1. The number of nitrogens with zero attached hydrogens (tertiary/aromatic N) is 6. The summed E-state index contributed by atoms with van der Waals surface area (Å²) in [6.45, 7) is -0.207. The van der Waals surface area contributed by atoms with Crippen LogP contribution in [0.1, 0.15) is 16.7 Å². The van der Waals surface area contributed by atoms with E-state index >= 15 is 0 Å². The highest BCUT2D eigenvalue weighted by molar-refractivity contribution is 7.22. The molecule has 3 aromatic carbocycles. The van der Waals surface area contributed by atoms with Crippen molar-refractivity contribution in [1.29, 1.82) is 5.26 Å². The van der Waals surface area contributed by atoms with Gasteiger partial charge in [-0.05, 0) is 47.0 Å². The molecule has 0 aliphatic carbocycles. The van der Waals surface area contributed by atoms with Gasteiger partial charge in [0, 0.05) is 25.2 Å². The Labute approximate surface area is 289 Å². The summed E-state index contributed by atoms with van der Waals surface area (Å²) in [6.07, 6.45) is 0.00622. The minimum atomic E-state index is -0.908. The Balaban J connectivity index is 1.31. The van der Waals surface area contributed by atoms with Crippen LogP contribution in [0, 0.1) is 11.3 Å². The van der Waals surface area contributed by atoms with Gasteiger partial charge in [-0.3, -0.25) is 14.4 Å². The van der Waals surface area contributed by atoms with Crippen LogP contribution in [0.2, 0.25) is 10.0 Å². The summed E-state index contributed by atoms with van der Waals surface area (Å²) in [5.74, 6) is -0.625. The molecule has 2 fully saturated rings. The van der Waals surface area contributed by atoms with Crippen molar-refractivity contribution in [3.05, 3.63) is 87.4 Å². The molecule has 48 heavy (non-hydrogen) atoms. The van der Waals surface area contributed by atoms with E-state index < -0.39 is 18.2 Å². The lowest BCUT2D eigenvalue weighted by molar-refractivity contribution is -0.157. The number of hydrazine groups is 1. The highest BCUT2D eigenvalue weighted by atomic mass is 35.5. The largest absolute Gasteiger partial charge is 0.375 e. The molecule has 2 aliphatic heterocycles. The number of aromatic nitrogens is 1. The van der Waals surface area contributed by atoms with E-state index in [-0.39, 0.29) is 51.0 Å². The molecule has 16 heteroatoms. The molecule has 0 bridgehead atoms. The van der Waals surface area contributed by atoms with Gasteiger partial charge >= 0.3 is 6.03 Å². The van der Waals surface area contributed by atoms with Crippen molar-refractivity contribution >= 4 is 79.8 Å². The van der Waals surface area contributed by atoms with Gasteiger partial charge in [-0.1, -0.05) is 64.9 Å². The summed E-state index contributed by atoms with van der Waals surface area (Å²) >= 11 is 13.5. The van der Waals surface area contributed by atoms with Crippen LogP contribution < -0.4 is 16.4 Å². The minimum absolute atomic E-state index is 0.0707. The van der Waals surface area contributed by atoms with E-state index in [1.165, 1.54) is 21.2 Å². The van der Waals surface area contributed by atoms with Crippen LogP contribution >= 0.6 is 34.5 Å². The molecule has 0 radical (unpaired) electrons. The number of nitrogen functional groups attached to an aromatic ring is 1. The molecule has 6 rings (SSSR count). The number of halogens is 2. The number of hydrogen-bond acceptors (Lipinski definition) is 9. The molecule has 3 heterocycles. The number of benzene rings is 3. The number of nitrogens with two attached hydrogens (primary N) is 1. The summed E-state index contributed by atoms with van der Waals surface area (Å²) < 4.78 is 0.883. The first kappa shape index (κ1) is 33.0. The van der Waals surface area contributed by atoms with E-state index in [0.717, 1.165) is 15.8 Å². The second-order valence-electron chi connectivity index (χ2n) is 11.2. The fraction of sp³-hybridized carbons (Fsp3) is 0.250. The summed E-state index contributed by atoms with van der Waals surface area (Å²) in [5.41, 5.74) is 9.51. The van der Waals surface area contributed by atoms with Gasteiger partial charge in [0.1, 0.15) is 18.8 Å². The predicted octanol–water partition coefficient (Wildman–Crippen LogP) is 3.83. The Bertz CT molecular complexity index is 1930. The molecular formula is C32H29Cl2N9O4S. The van der Waals surface area contributed by atoms with E-state index in [0.29, 0.717) is 38.4 Å². The van der Waals surface area contributed by atoms with E-state index in [1.54, 1.807) is 52.4 Å². The SMILES string of the molecule is N#CCN(C(=O)NCc1ccc(Cl)c(Cl)c1)N1CC(=O)N2[C@@H](Cc3ccc(NC=O)cc3)C(=O)N(Cc3cccc4sc(N)nc34)C[C@@H]21. The van der Waals surface area contributed by atoms with Crippen molar-refractivity contribution in [3.8, 4) is 6.07 Å². The number of urea groups is 1. The number of para-hydroxylation sites is 1. The number of rotatable bonds is 10. The molecule has 1 aromatic heterocycles. The standard InChI is InChI=1S/C32H29Cl2N9O4S/c33-23-9-6-20(12-24(23)34)14-37-32(47)41(11-10-35)42-17-28(45)43-25(13-19-4-7-22(8-5-19)38-18-44)30(46)40(16-27(42)43)15-21-2-1-3-26-29(21)39-31(36)48-26/h1-9,12,18,25,27H,11,13-17H2,(H2,36,39)(H,37,47)(H,38,44)/t25-,27+/m0/s1. The Morgan fingerprint density at radius 3 is 2.62 bits per heavy atom. The highest BCUT2D eigenvalue weighted by Crippen LogP contribution is 2.32. The third-order valence-electron chi connectivity index (χ3n) is 8.25. The monoisotopic (exact) mass is 705 g/mol. The number of piperazine rings is 1. The number of thiazole rings is 1. The van der Waals surface area contributed by atoms with Crippen LogP contribution in [-0.4, -0.2) is 80.9 Å². The maximum absolute atomic E-state index is 14.2. The highest BCUT2D eigenvalue weighted by Gasteiger charge is 2.52. The Morgan fingerprint density at radius 2 is 1.90 bits per heavy atom. The molecule has 4 aromatic rings. The fourth-order valence-corrected chi connectivity index (χ4v) is 7.14. The van der Waals surface area contributed by atoms with Crippen molar-refractivity contribution in [3.63, 3.8) is 0 Å². The maximum Gasteiger partial charge on any atom is 0.333 e. The van der Waals surface area contributed by atoms with Crippen LogP contribution in [0.3, 0.4) is 0 Å². The Kier molecular flexibility index (Phi) is 9.65. The van der Waals surface area contributed by atoms with E-state index in [9.17, 15) is 24.4 Å². The number of nitrogens with one attached hydrogen (secondary N) is 2. The van der Waals surface area contributed by atoms with Crippen LogP contribution in [0.5, 0.6) is 0 Å². The second kappa shape index (κ2) is 14.0. The average Bonchev–Trinajstić information content (AvgIpc) is 3.62. The normalized spacial score (nSPS) is 17.7. The summed E-state index contributed by atoms with van der Waals surface area (Å²) in [7, 11) is 0. The second-order valence-corrected chi connectivity index (χ2v) is 13.1. The van der Waals surface area contributed by atoms with E-state index in [4.69, 9.17) is 28.9 Å². The number of carbonyl (C=O) groups is 4. The number of anilines is 2. The van der Waals surface area contributed by atoms with E-state index in [2.05, 4.69) is 15.6 Å². The lowest BCUT2D eigenvalue weighted by Crippen LogP contribution is -2.66. The van der Waals surface area contributed by atoms with Crippen LogP contribution in [0.25, 0.3) is 10.2 Å². The van der Waals surface area contributed by atoms with Crippen LogP contribution in [0.4, 0.5) is 15.6 Å². The molecule has 0 unspecified atom stereocenters. The molecule has 5 amide bonds. The maximum atomic E-state index is 14.2. The van der Waals surface area contributed by atoms with Gasteiger partial charge in [-0.15, -0.1) is 0 Å². The number of carbonyl (C=O) groups excluding carboxylic acids is 4. The summed E-state index contributed by atoms with van der Waals surface area (Å²) in [4.78, 5) is 60.0. The number of nitriles is 1. The van der Waals surface area contributed by atoms with Crippen LogP contribution in [-0.2, 0) is 33.9 Å². The number of amides is 5. The molecule has 4 N–H and O–H groups in total. The smallest absolute Gasteiger partial charge is 0.333 e. The molecular weight excluding hydrogens is 677 g/mol. The number of fused-ring (bicyclic) bond motifs is 2. The Hall–Kier alpha value is -4.94. The van der Waals surface area contributed by atoms with Gasteiger partial charge in [0.2, 0.25) is 18.2 Å². The predicted molar refractivity (Wildman–Crippen MR) is 181 cm³/mol. The molecule has 2 aliphatic rings. The minimum Gasteiger partial charge on any atom is -0.375 e. The first-order valence-corrected chi connectivity index (χ1v) is 16.4. The zero-order valence-electron chi connectivity index (χ0n) is 25.3. The third-order valence-corrected chi connectivity index (χ3v) is 9.84. The van der Waals surface area contributed by atoms with Gasteiger partial charge < -0.3 is 26.2 Å². The summed E-state index contributed by atoms with van der Waals surface area (Å²) in [5, 5.41) is 19.0. The molecule has 2 atom stereocenters. The van der Waals surface area contributed by atoms with Gasteiger partial charge in [0.15, 0.2) is 5.13 Å². The van der Waals surface area contributed by atoms with Crippen molar-refractivity contribution in [1.82, 2.24) is 30.1 Å². The molecule has 0 saturated carbocycles. The van der Waals surface area contributed by atoms with Crippen molar-refractivity contribution in [2.75, 3.05) is 30.7 Å². The Morgan fingerprint density at radius 1 is 1.12 bits per heavy atom.